The molecule has 3 aromatic rings. The van der Waals surface area contributed by atoms with Crippen molar-refractivity contribution in [3.05, 3.63) is 80.9 Å². The zero-order chi connectivity index (χ0) is 24.8. The highest BCUT2D eigenvalue weighted by Gasteiger charge is 2.17. The molecule has 12 nitrogen and oxygen atoms in total. The molecular formula is C22H18N4O8. The van der Waals surface area contributed by atoms with Crippen LogP contribution in [0.25, 0.3) is 0 Å². The number of nitrogens with zero attached hydrogens (tertiary/aromatic N) is 2. The molecule has 0 radical (unpaired) electrons. The lowest BCUT2D eigenvalue weighted by molar-refractivity contribution is -0.384. The Morgan fingerprint density at radius 2 is 1.06 bits per heavy atom. The van der Waals surface area contributed by atoms with Crippen LogP contribution in [0, 0.1) is 20.2 Å². The smallest absolute Gasteiger partial charge is 0.293 e. The summed E-state index contributed by atoms with van der Waals surface area (Å²) in [6.45, 7) is 2.46. The third-order valence-corrected chi connectivity index (χ3v) is 4.23. The summed E-state index contributed by atoms with van der Waals surface area (Å²) in [5.41, 5.74) is -0.599. The number of ether oxygens (including phenoxy) is 2. The molecule has 0 aromatic heterocycles. The Bertz CT molecular complexity index is 1200. The van der Waals surface area contributed by atoms with Crippen molar-refractivity contribution in [2.45, 2.75) is 13.8 Å². The molecule has 174 valence electrons. The summed E-state index contributed by atoms with van der Waals surface area (Å²) in [6.07, 6.45) is 0. The van der Waals surface area contributed by atoms with Gasteiger partial charge in [0.2, 0.25) is 11.8 Å². The maximum atomic E-state index is 11.4. The van der Waals surface area contributed by atoms with Crippen molar-refractivity contribution in [3.8, 4) is 23.0 Å². The molecule has 34 heavy (non-hydrogen) atoms. The van der Waals surface area contributed by atoms with Gasteiger partial charge >= 0.3 is 0 Å². The average molecular weight is 466 g/mol. The molecule has 0 bridgehead atoms. The van der Waals surface area contributed by atoms with E-state index >= 15 is 0 Å². The molecular weight excluding hydrogens is 448 g/mol. The Morgan fingerprint density at radius 3 is 1.41 bits per heavy atom. The number of carbonyl (C=O) groups is 2. The number of nitrogens with one attached hydrogen (secondary N) is 2. The Labute approximate surface area is 192 Å². The normalized spacial score (nSPS) is 10.2. The first kappa shape index (κ1) is 23.7. The van der Waals surface area contributed by atoms with E-state index in [1.807, 2.05) is 0 Å². The fourth-order valence-corrected chi connectivity index (χ4v) is 2.93. The summed E-state index contributed by atoms with van der Waals surface area (Å²) in [7, 11) is 0. The van der Waals surface area contributed by atoms with Gasteiger partial charge in [-0.25, -0.2) is 0 Å². The molecule has 0 saturated heterocycles. The van der Waals surface area contributed by atoms with Crippen LogP contribution in [0.1, 0.15) is 13.8 Å². The number of hydrogen-bond donors (Lipinski definition) is 2. The third-order valence-electron chi connectivity index (χ3n) is 4.23. The molecule has 2 N–H and O–H groups in total. The van der Waals surface area contributed by atoms with Gasteiger partial charge in [-0.3, -0.25) is 29.8 Å². The van der Waals surface area contributed by atoms with Crippen molar-refractivity contribution in [2.24, 2.45) is 0 Å². The van der Waals surface area contributed by atoms with Crippen molar-refractivity contribution in [3.63, 3.8) is 0 Å². The summed E-state index contributed by atoms with van der Waals surface area (Å²) >= 11 is 0. The first-order chi connectivity index (χ1) is 16.1. The number of rotatable bonds is 8. The van der Waals surface area contributed by atoms with E-state index in [2.05, 4.69) is 10.6 Å². The fraction of sp³-hybridized carbons (Fsp3) is 0.0909. The largest absolute Gasteiger partial charge is 0.457 e. The van der Waals surface area contributed by atoms with Crippen LogP contribution < -0.4 is 20.1 Å². The Morgan fingerprint density at radius 1 is 0.676 bits per heavy atom. The molecule has 0 aliphatic rings. The molecule has 0 aliphatic heterocycles. The molecule has 0 spiro atoms. The van der Waals surface area contributed by atoms with Crippen molar-refractivity contribution >= 4 is 34.6 Å². The van der Waals surface area contributed by atoms with E-state index in [1.54, 1.807) is 18.2 Å². The summed E-state index contributed by atoms with van der Waals surface area (Å²) in [6, 6.07) is 14.2. The van der Waals surface area contributed by atoms with Crippen LogP contribution in [0.3, 0.4) is 0 Å². The molecule has 0 unspecified atom stereocenters. The van der Waals surface area contributed by atoms with Crippen molar-refractivity contribution in [1.29, 1.82) is 0 Å². The van der Waals surface area contributed by atoms with E-state index in [1.165, 1.54) is 56.3 Å². The van der Waals surface area contributed by atoms with E-state index in [-0.39, 0.29) is 34.2 Å². The van der Waals surface area contributed by atoms with Crippen LogP contribution >= 0.6 is 0 Å². The minimum Gasteiger partial charge on any atom is -0.457 e. The lowest BCUT2D eigenvalue weighted by atomic mass is 10.2. The van der Waals surface area contributed by atoms with E-state index in [9.17, 15) is 29.8 Å². The zero-order valence-corrected chi connectivity index (χ0v) is 17.9. The highest BCUT2D eigenvalue weighted by atomic mass is 16.6. The van der Waals surface area contributed by atoms with Gasteiger partial charge in [0.15, 0.2) is 0 Å². The fourth-order valence-electron chi connectivity index (χ4n) is 2.93. The van der Waals surface area contributed by atoms with Crippen molar-refractivity contribution in [1.82, 2.24) is 0 Å². The van der Waals surface area contributed by atoms with Gasteiger partial charge < -0.3 is 20.1 Å². The predicted octanol–water partition coefficient (Wildman–Crippen LogP) is 5.00. The molecule has 3 aromatic carbocycles. The van der Waals surface area contributed by atoms with Crippen LogP contribution in [-0.2, 0) is 9.59 Å². The minimum absolute atomic E-state index is 0.0150. The standard InChI is InChI=1S/C22H18N4O8/c1-13(27)23-19-11-17(6-8-21(19)25(29)30)33-15-4-3-5-16(10-15)34-18-7-9-22(26(31)32)20(12-18)24-14(2)28/h3-12H,1-2H3,(H,23,27)(H,24,28). The molecule has 0 heterocycles. The predicted molar refractivity (Wildman–Crippen MR) is 121 cm³/mol. The van der Waals surface area contributed by atoms with Crippen LogP contribution in [0.5, 0.6) is 23.0 Å². The van der Waals surface area contributed by atoms with Crippen molar-refractivity contribution in [2.75, 3.05) is 10.6 Å². The van der Waals surface area contributed by atoms with Gasteiger partial charge in [-0.2, -0.15) is 0 Å². The van der Waals surface area contributed by atoms with Crippen LogP contribution in [-0.4, -0.2) is 21.7 Å². The van der Waals surface area contributed by atoms with Crippen molar-refractivity contribution < 1.29 is 28.9 Å². The molecule has 3 rings (SSSR count). The molecule has 12 heteroatoms. The first-order valence-corrected chi connectivity index (χ1v) is 9.70. The number of carbonyl (C=O) groups excluding carboxylic acids is 2. The average Bonchev–Trinajstić information content (AvgIpc) is 2.73. The van der Waals surface area contributed by atoms with Gasteiger partial charge in [-0.05, 0) is 24.3 Å². The van der Waals surface area contributed by atoms with Gasteiger partial charge in [-0.1, -0.05) is 6.07 Å². The number of anilines is 2. The second kappa shape index (κ2) is 10.1. The maximum Gasteiger partial charge on any atom is 0.293 e. The topological polar surface area (TPSA) is 163 Å². The van der Waals surface area contributed by atoms with Crippen LogP contribution in [0.2, 0.25) is 0 Å². The maximum absolute atomic E-state index is 11.4. The number of hydrogen-bond acceptors (Lipinski definition) is 8. The SMILES string of the molecule is CC(=O)Nc1cc(Oc2cccc(Oc3ccc([N+](=O)[O-])c(NC(C)=O)c3)c2)ccc1[N+](=O)[O-]. The third kappa shape index (κ3) is 6.03. The summed E-state index contributed by atoms with van der Waals surface area (Å²) in [4.78, 5) is 43.8. The number of nitro benzene ring substituents is 2. The van der Waals surface area contributed by atoms with Gasteiger partial charge in [0, 0.05) is 44.2 Å². The Hall–Kier alpha value is -5.00. The molecule has 0 saturated carbocycles. The van der Waals surface area contributed by atoms with E-state index in [0.29, 0.717) is 11.5 Å². The number of benzene rings is 3. The summed E-state index contributed by atoms with van der Waals surface area (Å²) < 4.78 is 11.5. The lowest BCUT2D eigenvalue weighted by Gasteiger charge is -2.11. The Kier molecular flexibility index (Phi) is 7.01. The summed E-state index contributed by atoms with van der Waals surface area (Å²) in [5.74, 6) is 0.160. The van der Waals surface area contributed by atoms with E-state index in [0.717, 1.165) is 0 Å². The zero-order valence-electron chi connectivity index (χ0n) is 17.9. The lowest BCUT2D eigenvalue weighted by Crippen LogP contribution is -2.08. The van der Waals surface area contributed by atoms with Gasteiger partial charge in [0.1, 0.15) is 34.4 Å². The second-order valence-corrected chi connectivity index (χ2v) is 6.91. The van der Waals surface area contributed by atoms with Gasteiger partial charge in [0.25, 0.3) is 11.4 Å². The molecule has 2 amide bonds. The minimum atomic E-state index is -0.622. The first-order valence-electron chi connectivity index (χ1n) is 9.70. The summed E-state index contributed by atoms with van der Waals surface area (Å²) in [5, 5.41) is 27.1. The molecule has 0 atom stereocenters. The van der Waals surface area contributed by atoms with E-state index < -0.39 is 21.7 Å². The number of nitro groups is 2. The van der Waals surface area contributed by atoms with Crippen LogP contribution in [0.15, 0.2) is 60.7 Å². The molecule has 0 aliphatic carbocycles. The quantitative estimate of drug-likeness (QED) is 0.346. The highest BCUT2D eigenvalue weighted by molar-refractivity contribution is 5.92. The van der Waals surface area contributed by atoms with Gasteiger partial charge in [0.05, 0.1) is 9.85 Å². The van der Waals surface area contributed by atoms with Crippen LogP contribution in [0.4, 0.5) is 22.7 Å². The molecule has 0 fully saturated rings. The highest BCUT2D eigenvalue weighted by Crippen LogP contribution is 2.35. The second-order valence-electron chi connectivity index (χ2n) is 6.91. The number of amides is 2. The van der Waals surface area contributed by atoms with Gasteiger partial charge in [-0.15, -0.1) is 0 Å². The Balaban J connectivity index is 1.83. The van der Waals surface area contributed by atoms with E-state index in [4.69, 9.17) is 9.47 Å². The monoisotopic (exact) mass is 466 g/mol.